The molecule has 0 bridgehead atoms. The van der Waals surface area contributed by atoms with Crippen LogP contribution in [0.1, 0.15) is 12.5 Å². The van der Waals surface area contributed by atoms with Crippen molar-refractivity contribution in [3.63, 3.8) is 0 Å². The van der Waals surface area contributed by atoms with Crippen LogP contribution in [0.5, 0.6) is 0 Å². The molecule has 0 aliphatic heterocycles. The van der Waals surface area contributed by atoms with Crippen molar-refractivity contribution >= 4 is 17.5 Å². The van der Waals surface area contributed by atoms with Crippen LogP contribution in [-0.4, -0.2) is 30.1 Å². The summed E-state index contributed by atoms with van der Waals surface area (Å²) in [5, 5.41) is 13.8. The van der Waals surface area contributed by atoms with Gasteiger partial charge in [-0.25, -0.2) is 0 Å². The van der Waals surface area contributed by atoms with Gasteiger partial charge >= 0.3 is 0 Å². The largest absolute Gasteiger partial charge is 0.396 e. The van der Waals surface area contributed by atoms with Gasteiger partial charge in [-0.2, -0.15) is 0 Å². The van der Waals surface area contributed by atoms with Crippen LogP contribution in [0.25, 0.3) is 0 Å². The first-order valence-corrected chi connectivity index (χ1v) is 5.36. The van der Waals surface area contributed by atoms with E-state index in [0.717, 1.165) is 5.56 Å². The Labute approximate surface area is 99.8 Å². The van der Waals surface area contributed by atoms with Gasteiger partial charge in [0.05, 0.1) is 6.54 Å². The second-order valence-corrected chi connectivity index (χ2v) is 3.63. The van der Waals surface area contributed by atoms with Crippen molar-refractivity contribution in [2.45, 2.75) is 13.3 Å². The summed E-state index contributed by atoms with van der Waals surface area (Å²) < 4.78 is 0. The Kier molecular flexibility index (Phi) is 5.16. The highest BCUT2D eigenvalue weighted by atomic mass is 16.3. The monoisotopic (exact) mass is 236 g/mol. The van der Waals surface area contributed by atoms with E-state index in [4.69, 9.17) is 5.11 Å². The average Bonchev–Trinajstić information content (AvgIpc) is 2.29. The minimum Gasteiger partial charge on any atom is -0.396 e. The topological polar surface area (TPSA) is 78.4 Å². The fourth-order valence-corrected chi connectivity index (χ4v) is 1.29. The molecule has 92 valence electrons. The molecule has 0 saturated heterocycles. The zero-order chi connectivity index (χ0) is 12.7. The zero-order valence-electron chi connectivity index (χ0n) is 9.69. The number of hydrogen-bond acceptors (Lipinski definition) is 3. The summed E-state index contributed by atoms with van der Waals surface area (Å²) in [5.41, 5.74) is 1.68. The molecular formula is C12H16N2O3. The molecule has 0 saturated carbocycles. The number of amides is 2. The number of nitrogens with one attached hydrogen (secondary N) is 2. The number of carbonyl (C=O) groups is 2. The molecule has 0 unspecified atom stereocenters. The van der Waals surface area contributed by atoms with E-state index in [1.165, 1.54) is 6.92 Å². The third kappa shape index (κ3) is 5.12. The molecule has 0 aromatic heterocycles. The summed E-state index contributed by atoms with van der Waals surface area (Å²) in [5.74, 6) is -0.506. The van der Waals surface area contributed by atoms with Gasteiger partial charge in [0.25, 0.3) is 0 Å². The quantitative estimate of drug-likeness (QED) is 0.688. The summed E-state index contributed by atoms with van der Waals surface area (Å²) in [6, 6.07) is 7.20. The second kappa shape index (κ2) is 6.65. The van der Waals surface area contributed by atoms with Crippen LogP contribution in [0.4, 0.5) is 5.69 Å². The van der Waals surface area contributed by atoms with Crippen molar-refractivity contribution in [2.75, 3.05) is 18.5 Å². The lowest BCUT2D eigenvalue weighted by molar-refractivity contribution is -0.122. The highest BCUT2D eigenvalue weighted by molar-refractivity contribution is 5.94. The number of aliphatic hydroxyl groups is 1. The molecule has 0 aliphatic carbocycles. The average molecular weight is 236 g/mol. The van der Waals surface area contributed by atoms with Crippen molar-refractivity contribution in [1.82, 2.24) is 5.32 Å². The van der Waals surface area contributed by atoms with Crippen molar-refractivity contribution < 1.29 is 14.7 Å². The molecule has 1 aromatic rings. The normalized spacial score (nSPS) is 9.76. The predicted octanol–water partition coefficient (Wildman–Crippen LogP) is 0.296. The van der Waals surface area contributed by atoms with Gasteiger partial charge in [0.2, 0.25) is 11.8 Å². The third-order valence-electron chi connectivity index (χ3n) is 2.14. The van der Waals surface area contributed by atoms with Gasteiger partial charge < -0.3 is 15.7 Å². The van der Waals surface area contributed by atoms with Gasteiger partial charge in [-0.15, -0.1) is 0 Å². The minimum atomic E-state index is -0.268. The number of anilines is 1. The van der Waals surface area contributed by atoms with Crippen LogP contribution >= 0.6 is 0 Å². The highest BCUT2D eigenvalue weighted by Crippen LogP contribution is 2.09. The zero-order valence-corrected chi connectivity index (χ0v) is 9.69. The lowest BCUT2D eigenvalue weighted by Gasteiger charge is -2.06. The number of carbonyl (C=O) groups excluding carboxylic acids is 2. The van der Waals surface area contributed by atoms with E-state index in [2.05, 4.69) is 10.6 Å². The lowest BCUT2D eigenvalue weighted by atomic mass is 10.1. The first-order valence-electron chi connectivity index (χ1n) is 5.36. The van der Waals surface area contributed by atoms with Gasteiger partial charge in [-0.05, 0) is 24.1 Å². The molecule has 5 heteroatoms. The molecule has 1 rings (SSSR count). The maximum Gasteiger partial charge on any atom is 0.243 e. The molecule has 1 aromatic carbocycles. The smallest absolute Gasteiger partial charge is 0.243 e. The van der Waals surface area contributed by atoms with Crippen LogP contribution in [0, 0.1) is 0 Å². The summed E-state index contributed by atoms with van der Waals surface area (Å²) in [6.45, 7) is 1.43. The summed E-state index contributed by atoms with van der Waals surface area (Å²) in [6.07, 6.45) is 0.597. The number of rotatable bonds is 5. The van der Waals surface area contributed by atoms with Gasteiger partial charge in [0.1, 0.15) is 0 Å². The van der Waals surface area contributed by atoms with E-state index in [-0.39, 0.29) is 25.0 Å². The van der Waals surface area contributed by atoms with Crippen molar-refractivity contribution in [3.05, 3.63) is 29.8 Å². The Balaban J connectivity index is 2.45. The van der Waals surface area contributed by atoms with E-state index in [1.807, 2.05) is 12.1 Å². The van der Waals surface area contributed by atoms with Crippen LogP contribution in [0.3, 0.4) is 0 Å². The summed E-state index contributed by atoms with van der Waals surface area (Å²) in [7, 11) is 0. The van der Waals surface area contributed by atoms with Crippen LogP contribution in [-0.2, 0) is 16.0 Å². The first kappa shape index (κ1) is 13.2. The standard InChI is InChI=1S/C12H16N2O3/c1-9(16)13-8-12(17)14-11-4-2-10(3-5-11)6-7-15/h2-5,15H,6-8H2,1H3,(H,13,16)(H,14,17). The molecule has 3 N–H and O–H groups in total. The molecule has 0 aliphatic rings. The van der Waals surface area contributed by atoms with Crippen molar-refractivity contribution in [1.29, 1.82) is 0 Å². The molecule has 0 radical (unpaired) electrons. The molecule has 0 atom stereocenters. The molecular weight excluding hydrogens is 220 g/mol. The van der Waals surface area contributed by atoms with E-state index in [9.17, 15) is 9.59 Å². The Morgan fingerprint density at radius 1 is 1.24 bits per heavy atom. The molecule has 5 nitrogen and oxygen atoms in total. The maximum atomic E-state index is 11.4. The minimum absolute atomic E-state index is 0.0340. The van der Waals surface area contributed by atoms with Crippen LogP contribution < -0.4 is 10.6 Å². The molecule has 0 spiro atoms. The third-order valence-corrected chi connectivity index (χ3v) is 2.14. The number of benzene rings is 1. The van der Waals surface area contributed by atoms with E-state index in [0.29, 0.717) is 12.1 Å². The van der Waals surface area contributed by atoms with E-state index in [1.54, 1.807) is 12.1 Å². The maximum absolute atomic E-state index is 11.4. The summed E-state index contributed by atoms with van der Waals surface area (Å²) in [4.78, 5) is 22.0. The Hall–Kier alpha value is -1.88. The van der Waals surface area contributed by atoms with Gasteiger partial charge in [0.15, 0.2) is 0 Å². The van der Waals surface area contributed by atoms with E-state index >= 15 is 0 Å². The molecule has 17 heavy (non-hydrogen) atoms. The molecule has 2 amide bonds. The van der Waals surface area contributed by atoms with Gasteiger partial charge in [0, 0.05) is 19.2 Å². The second-order valence-electron chi connectivity index (χ2n) is 3.63. The Morgan fingerprint density at radius 3 is 2.41 bits per heavy atom. The van der Waals surface area contributed by atoms with Gasteiger partial charge in [-0.3, -0.25) is 9.59 Å². The van der Waals surface area contributed by atoms with Crippen LogP contribution in [0.15, 0.2) is 24.3 Å². The van der Waals surface area contributed by atoms with Crippen LogP contribution in [0.2, 0.25) is 0 Å². The first-order chi connectivity index (χ1) is 8.11. The fourth-order valence-electron chi connectivity index (χ4n) is 1.29. The number of aliphatic hydroxyl groups excluding tert-OH is 1. The molecule has 0 heterocycles. The number of hydrogen-bond donors (Lipinski definition) is 3. The SMILES string of the molecule is CC(=O)NCC(=O)Nc1ccc(CCO)cc1. The van der Waals surface area contributed by atoms with E-state index < -0.39 is 0 Å². The van der Waals surface area contributed by atoms with Crippen molar-refractivity contribution in [2.24, 2.45) is 0 Å². The summed E-state index contributed by atoms with van der Waals surface area (Å²) >= 11 is 0. The Bertz CT molecular complexity index is 387. The predicted molar refractivity (Wildman–Crippen MR) is 64.5 cm³/mol. The fraction of sp³-hybridized carbons (Fsp3) is 0.333. The lowest BCUT2D eigenvalue weighted by Crippen LogP contribution is -2.31. The Morgan fingerprint density at radius 2 is 1.88 bits per heavy atom. The highest BCUT2D eigenvalue weighted by Gasteiger charge is 2.02. The van der Waals surface area contributed by atoms with Crippen molar-refractivity contribution in [3.8, 4) is 0 Å². The van der Waals surface area contributed by atoms with Gasteiger partial charge in [-0.1, -0.05) is 12.1 Å². The molecule has 0 fully saturated rings.